The number of alkyl halides is 3. The fraction of sp³-hybridized carbons (Fsp3) is 0.462. The molecule has 0 bridgehead atoms. The molecule has 2 atom stereocenters. The first-order valence-corrected chi connectivity index (χ1v) is 7.40. The second-order valence-corrected chi connectivity index (χ2v) is 6.90. The van der Waals surface area contributed by atoms with E-state index in [0.717, 1.165) is 6.07 Å². The highest BCUT2D eigenvalue weighted by Gasteiger charge is 2.55. The lowest BCUT2D eigenvalue weighted by Crippen LogP contribution is -2.35. The van der Waals surface area contributed by atoms with Crippen LogP contribution in [0.15, 0.2) is 23.4 Å². The first-order chi connectivity index (χ1) is 10.0. The van der Waals surface area contributed by atoms with E-state index in [9.17, 15) is 26.5 Å². The molecule has 2 rings (SSSR count). The van der Waals surface area contributed by atoms with Gasteiger partial charge in [0.05, 0.1) is 12.0 Å². The summed E-state index contributed by atoms with van der Waals surface area (Å²) in [6, 6.07) is 2.31. The normalized spacial score (nSPS) is 20.3. The van der Waals surface area contributed by atoms with Crippen LogP contribution < -0.4 is 0 Å². The summed E-state index contributed by atoms with van der Waals surface area (Å²) in [6.07, 6.45) is -5.23. The van der Waals surface area contributed by atoms with Crippen LogP contribution in [-0.2, 0) is 16.0 Å². The molecular weight excluding hydrogens is 329 g/mol. The molecule has 0 fully saturated rings. The largest absolute Gasteiger partial charge is 0.610 e. The second-order valence-electron chi connectivity index (χ2n) is 5.37. The number of halogens is 5. The fourth-order valence-corrected chi connectivity index (χ4v) is 3.56. The lowest BCUT2D eigenvalue weighted by atomic mass is 10.1. The van der Waals surface area contributed by atoms with E-state index in [2.05, 4.69) is 5.16 Å². The molecule has 9 heteroatoms. The summed E-state index contributed by atoms with van der Waals surface area (Å²) in [4.78, 5) is 4.87. The number of benzene rings is 1. The van der Waals surface area contributed by atoms with E-state index in [1.165, 1.54) is 0 Å². The predicted octanol–water partition coefficient (Wildman–Crippen LogP) is 3.83. The van der Waals surface area contributed by atoms with Crippen molar-refractivity contribution in [3.63, 3.8) is 0 Å². The lowest BCUT2D eigenvalue weighted by molar-refractivity contribution is -0.132. The molecule has 1 aliphatic rings. The molecule has 0 radical (unpaired) electrons. The van der Waals surface area contributed by atoms with Crippen molar-refractivity contribution in [3.8, 4) is 0 Å². The number of hydrogen-bond donors (Lipinski definition) is 0. The summed E-state index contributed by atoms with van der Waals surface area (Å²) in [5.41, 5.74) is -2.18. The Kier molecular flexibility index (Phi) is 4.40. The molecule has 2 unspecified atom stereocenters. The van der Waals surface area contributed by atoms with E-state index < -0.39 is 45.4 Å². The number of rotatable bonds is 2. The molecule has 22 heavy (non-hydrogen) atoms. The maximum Gasteiger partial charge on any atom is 0.441 e. The molecule has 122 valence electrons. The SMILES string of the molecule is CC1(C)CC([S+]([O-])C(c2c(F)cccc2F)C(F)(F)F)=NO1. The van der Waals surface area contributed by atoms with Gasteiger partial charge in [0.1, 0.15) is 17.2 Å². The number of oxime groups is 1. The minimum absolute atomic E-state index is 0.123. The van der Waals surface area contributed by atoms with Gasteiger partial charge in [-0.25, -0.2) is 8.78 Å². The van der Waals surface area contributed by atoms with Crippen LogP contribution >= 0.6 is 0 Å². The van der Waals surface area contributed by atoms with Crippen LogP contribution in [0.1, 0.15) is 31.1 Å². The molecule has 0 saturated carbocycles. The van der Waals surface area contributed by atoms with Gasteiger partial charge < -0.3 is 9.39 Å². The van der Waals surface area contributed by atoms with Gasteiger partial charge in [-0.1, -0.05) is 6.07 Å². The van der Waals surface area contributed by atoms with Crippen molar-refractivity contribution < 1.29 is 31.3 Å². The molecule has 0 saturated heterocycles. The molecule has 1 aliphatic heterocycles. The van der Waals surface area contributed by atoms with Gasteiger partial charge in [0.15, 0.2) is 0 Å². The molecule has 1 aromatic rings. The highest BCUT2D eigenvalue weighted by Crippen LogP contribution is 2.43. The Morgan fingerprint density at radius 3 is 2.23 bits per heavy atom. The summed E-state index contributed by atoms with van der Waals surface area (Å²) in [6.45, 7) is 3.10. The van der Waals surface area contributed by atoms with Crippen molar-refractivity contribution in [1.29, 1.82) is 0 Å². The van der Waals surface area contributed by atoms with Gasteiger partial charge in [0.2, 0.25) is 5.25 Å². The smallest absolute Gasteiger partial charge is 0.441 e. The average Bonchev–Trinajstić information content (AvgIpc) is 2.72. The van der Waals surface area contributed by atoms with Gasteiger partial charge in [-0.05, 0) is 31.1 Å². The summed E-state index contributed by atoms with van der Waals surface area (Å²) in [7, 11) is 0. The molecule has 0 N–H and O–H groups in total. The van der Waals surface area contributed by atoms with E-state index in [0.29, 0.717) is 12.1 Å². The van der Waals surface area contributed by atoms with Crippen LogP contribution in [-0.4, -0.2) is 21.4 Å². The van der Waals surface area contributed by atoms with Gasteiger partial charge in [-0.2, -0.15) is 13.2 Å². The molecule has 1 aromatic carbocycles. The van der Waals surface area contributed by atoms with Gasteiger partial charge >= 0.3 is 6.18 Å². The first kappa shape index (κ1) is 17.0. The fourth-order valence-electron chi connectivity index (χ4n) is 2.00. The van der Waals surface area contributed by atoms with Crippen LogP contribution in [0.2, 0.25) is 0 Å². The maximum atomic E-state index is 13.7. The summed E-state index contributed by atoms with van der Waals surface area (Å²) in [5, 5.41) is 0.157. The predicted molar refractivity (Wildman–Crippen MR) is 70.5 cm³/mol. The van der Waals surface area contributed by atoms with Gasteiger partial charge in [0, 0.05) is 11.2 Å². The average molecular weight is 341 g/mol. The van der Waals surface area contributed by atoms with Gasteiger partial charge in [-0.15, -0.1) is 0 Å². The Balaban J connectivity index is 2.45. The standard InChI is InChI=1S/C13H12F5NO2S/c1-12(2)6-9(19-21-12)22(20)11(13(16,17)18)10-7(14)4-3-5-8(10)15/h3-5,11H,6H2,1-2H3. The van der Waals surface area contributed by atoms with Crippen molar-refractivity contribution in [2.75, 3.05) is 0 Å². The third kappa shape index (κ3) is 3.35. The van der Waals surface area contributed by atoms with Gasteiger partial charge in [0.25, 0.3) is 5.04 Å². The van der Waals surface area contributed by atoms with Crippen molar-refractivity contribution in [2.45, 2.75) is 37.3 Å². The summed E-state index contributed by atoms with van der Waals surface area (Å²) < 4.78 is 79.3. The second kappa shape index (κ2) is 5.69. The van der Waals surface area contributed by atoms with E-state index in [-0.39, 0.29) is 11.5 Å². The molecule has 3 nitrogen and oxygen atoms in total. The Bertz CT molecular complexity index is 582. The van der Waals surface area contributed by atoms with E-state index in [1.807, 2.05) is 0 Å². The summed E-state index contributed by atoms with van der Waals surface area (Å²) in [5.74, 6) is -2.82. The molecular formula is C13H12F5NO2S. The molecule has 0 aromatic heterocycles. The maximum absolute atomic E-state index is 13.7. The Hall–Kier alpha value is -1.35. The topological polar surface area (TPSA) is 44.7 Å². The minimum atomic E-state index is -5.11. The zero-order valence-electron chi connectivity index (χ0n) is 11.6. The first-order valence-electron chi connectivity index (χ1n) is 6.19. The van der Waals surface area contributed by atoms with Crippen LogP contribution in [0.3, 0.4) is 0 Å². The van der Waals surface area contributed by atoms with Crippen LogP contribution in [0.4, 0.5) is 22.0 Å². The highest BCUT2D eigenvalue weighted by molar-refractivity contribution is 8.06. The van der Waals surface area contributed by atoms with Crippen LogP contribution in [0, 0.1) is 11.6 Å². The third-order valence-corrected chi connectivity index (χ3v) is 4.59. The quantitative estimate of drug-likeness (QED) is 0.606. The summed E-state index contributed by atoms with van der Waals surface area (Å²) >= 11 is -2.80. The third-order valence-electron chi connectivity index (χ3n) is 2.98. The van der Waals surface area contributed by atoms with Crippen molar-refractivity contribution in [1.82, 2.24) is 0 Å². The Morgan fingerprint density at radius 2 is 1.82 bits per heavy atom. The minimum Gasteiger partial charge on any atom is -0.610 e. The van der Waals surface area contributed by atoms with Crippen molar-refractivity contribution in [3.05, 3.63) is 35.4 Å². The van der Waals surface area contributed by atoms with E-state index in [1.54, 1.807) is 13.8 Å². The van der Waals surface area contributed by atoms with Crippen molar-refractivity contribution >= 4 is 16.2 Å². The Labute approximate surface area is 126 Å². The zero-order valence-corrected chi connectivity index (χ0v) is 12.4. The number of hydrogen-bond acceptors (Lipinski definition) is 3. The van der Waals surface area contributed by atoms with Crippen LogP contribution in [0.25, 0.3) is 0 Å². The van der Waals surface area contributed by atoms with E-state index in [4.69, 9.17) is 4.84 Å². The lowest BCUT2D eigenvalue weighted by Gasteiger charge is -2.24. The molecule has 0 spiro atoms. The highest BCUT2D eigenvalue weighted by atomic mass is 32.2. The number of nitrogens with zero attached hydrogens (tertiary/aromatic N) is 1. The zero-order chi connectivity index (χ0) is 16.7. The molecule has 1 heterocycles. The molecule has 0 aliphatic carbocycles. The van der Waals surface area contributed by atoms with Crippen LogP contribution in [0.5, 0.6) is 0 Å². The van der Waals surface area contributed by atoms with E-state index >= 15 is 0 Å². The molecule has 0 amide bonds. The Morgan fingerprint density at radius 1 is 1.27 bits per heavy atom. The van der Waals surface area contributed by atoms with Crippen molar-refractivity contribution in [2.24, 2.45) is 5.16 Å². The van der Waals surface area contributed by atoms with Gasteiger partial charge in [-0.3, -0.25) is 0 Å². The monoisotopic (exact) mass is 341 g/mol.